The Morgan fingerprint density at radius 2 is 2.00 bits per heavy atom. The molecule has 0 saturated carbocycles. The van der Waals surface area contributed by atoms with Gasteiger partial charge in [0.2, 0.25) is 0 Å². The number of hydrogen-bond acceptors (Lipinski definition) is 6. The van der Waals surface area contributed by atoms with E-state index in [0.29, 0.717) is 16.5 Å². The smallest absolute Gasteiger partial charge is 0.200 e. The minimum Gasteiger partial charge on any atom is -0.504 e. The summed E-state index contributed by atoms with van der Waals surface area (Å²) in [4.78, 5) is 3.94. The number of anilines is 1. The summed E-state index contributed by atoms with van der Waals surface area (Å²) in [5.74, 6) is 0.0793. The van der Waals surface area contributed by atoms with Crippen molar-refractivity contribution in [2.24, 2.45) is 0 Å². The van der Waals surface area contributed by atoms with E-state index in [1.54, 1.807) is 6.07 Å². The fourth-order valence-electron chi connectivity index (χ4n) is 1.01. The lowest BCUT2D eigenvalue weighted by Gasteiger charge is -1.98. The van der Waals surface area contributed by atoms with Crippen molar-refractivity contribution in [3.8, 4) is 22.9 Å². The molecule has 0 aliphatic heterocycles. The molecule has 0 unspecified atom stereocenters. The van der Waals surface area contributed by atoms with Gasteiger partial charge in [-0.05, 0) is 18.2 Å². The second-order valence-corrected chi connectivity index (χ2v) is 3.44. The maximum atomic E-state index is 9.23. The Labute approximate surface area is 83.6 Å². The summed E-state index contributed by atoms with van der Waals surface area (Å²) < 4.78 is 3.97. The first-order valence-corrected chi connectivity index (χ1v) is 4.55. The summed E-state index contributed by atoms with van der Waals surface area (Å²) in [7, 11) is 0. The maximum Gasteiger partial charge on any atom is 0.200 e. The van der Waals surface area contributed by atoms with Gasteiger partial charge in [-0.2, -0.15) is 9.36 Å². The van der Waals surface area contributed by atoms with E-state index in [9.17, 15) is 5.11 Å². The molecule has 0 aliphatic rings. The fraction of sp³-hybridized carbons (Fsp3) is 0. The van der Waals surface area contributed by atoms with Crippen LogP contribution in [-0.2, 0) is 0 Å². The predicted octanol–water partition coefficient (Wildman–Crippen LogP) is 1.20. The Bertz CT molecular complexity index is 469. The first-order chi connectivity index (χ1) is 6.66. The molecule has 0 atom stereocenters. The SMILES string of the molecule is Nc1nc(-c2ccc(O)c(O)c2)ns1. The standard InChI is InChI=1S/C8H7N3O2S/c9-8-10-7(11-14-8)4-1-2-5(12)6(13)3-4/h1-3,12-13H,(H2,9,10,11). The van der Waals surface area contributed by atoms with Crippen molar-refractivity contribution in [3.05, 3.63) is 18.2 Å². The van der Waals surface area contributed by atoms with E-state index < -0.39 is 0 Å². The molecule has 0 radical (unpaired) electrons. The minimum atomic E-state index is -0.198. The zero-order chi connectivity index (χ0) is 10.1. The molecule has 4 N–H and O–H groups in total. The average Bonchev–Trinajstić information content (AvgIpc) is 2.57. The highest BCUT2D eigenvalue weighted by Crippen LogP contribution is 2.29. The molecule has 6 heteroatoms. The first-order valence-electron chi connectivity index (χ1n) is 3.78. The van der Waals surface area contributed by atoms with Gasteiger partial charge >= 0.3 is 0 Å². The Kier molecular flexibility index (Phi) is 1.97. The molecule has 1 aromatic heterocycles. The van der Waals surface area contributed by atoms with Crippen LogP contribution in [0.15, 0.2) is 18.2 Å². The summed E-state index contributed by atoms with van der Waals surface area (Å²) in [6.07, 6.45) is 0. The number of aromatic nitrogens is 2. The predicted molar refractivity (Wildman–Crippen MR) is 53.1 cm³/mol. The van der Waals surface area contributed by atoms with Crippen molar-refractivity contribution in [2.45, 2.75) is 0 Å². The summed E-state index contributed by atoms with van der Waals surface area (Å²) >= 11 is 1.08. The number of hydrogen-bond donors (Lipinski definition) is 3. The van der Waals surface area contributed by atoms with Crippen LogP contribution in [0.2, 0.25) is 0 Å². The topological polar surface area (TPSA) is 92.3 Å². The van der Waals surface area contributed by atoms with Crippen LogP contribution in [0.1, 0.15) is 0 Å². The Morgan fingerprint density at radius 3 is 2.57 bits per heavy atom. The van der Waals surface area contributed by atoms with Crippen molar-refractivity contribution in [1.82, 2.24) is 9.36 Å². The lowest BCUT2D eigenvalue weighted by atomic mass is 10.2. The fourth-order valence-corrected chi connectivity index (χ4v) is 1.47. The number of phenols is 2. The van der Waals surface area contributed by atoms with Gasteiger partial charge in [-0.3, -0.25) is 0 Å². The van der Waals surface area contributed by atoms with Gasteiger partial charge in [0, 0.05) is 17.1 Å². The first kappa shape index (κ1) is 8.76. The molecule has 2 rings (SSSR count). The van der Waals surface area contributed by atoms with Crippen LogP contribution in [0, 0.1) is 0 Å². The quantitative estimate of drug-likeness (QED) is 0.614. The molecule has 72 valence electrons. The largest absolute Gasteiger partial charge is 0.504 e. The number of nitrogens with zero attached hydrogens (tertiary/aromatic N) is 2. The zero-order valence-corrected chi connectivity index (χ0v) is 7.82. The van der Waals surface area contributed by atoms with Gasteiger partial charge in [-0.15, -0.1) is 0 Å². The number of nitrogens with two attached hydrogens (primary N) is 1. The van der Waals surface area contributed by atoms with Crippen LogP contribution in [-0.4, -0.2) is 19.6 Å². The Balaban J connectivity index is 2.47. The molecule has 2 aromatic rings. The van der Waals surface area contributed by atoms with Gasteiger partial charge in [0.1, 0.15) is 0 Å². The number of rotatable bonds is 1. The average molecular weight is 209 g/mol. The van der Waals surface area contributed by atoms with Gasteiger partial charge in [-0.1, -0.05) is 0 Å². The van der Waals surface area contributed by atoms with E-state index in [4.69, 9.17) is 10.8 Å². The van der Waals surface area contributed by atoms with E-state index in [-0.39, 0.29) is 11.5 Å². The number of phenolic OH excluding ortho intramolecular Hbond substituents is 2. The molecular weight excluding hydrogens is 202 g/mol. The Morgan fingerprint density at radius 1 is 1.21 bits per heavy atom. The second kappa shape index (κ2) is 3.15. The monoisotopic (exact) mass is 209 g/mol. The van der Waals surface area contributed by atoms with E-state index in [1.165, 1.54) is 12.1 Å². The molecule has 14 heavy (non-hydrogen) atoms. The van der Waals surface area contributed by atoms with Crippen molar-refractivity contribution in [2.75, 3.05) is 5.73 Å². The molecule has 0 saturated heterocycles. The van der Waals surface area contributed by atoms with Gasteiger partial charge in [-0.25, -0.2) is 0 Å². The molecule has 1 aromatic carbocycles. The van der Waals surface area contributed by atoms with Crippen molar-refractivity contribution in [1.29, 1.82) is 0 Å². The highest BCUT2D eigenvalue weighted by Gasteiger charge is 2.07. The molecule has 0 aliphatic carbocycles. The summed E-state index contributed by atoms with van der Waals surface area (Å²) in [6.45, 7) is 0. The highest BCUT2D eigenvalue weighted by atomic mass is 32.1. The zero-order valence-electron chi connectivity index (χ0n) is 7.01. The third kappa shape index (κ3) is 1.47. The van der Waals surface area contributed by atoms with Crippen LogP contribution >= 0.6 is 11.5 Å². The second-order valence-electron chi connectivity index (χ2n) is 2.66. The van der Waals surface area contributed by atoms with Gasteiger partial charge in [0.25, 0.3) is 0 Å². The van der Waals surface area contributed by atoms with E-state index in [0.717, 1.165) is 11.5 Å². The van der Waals surface area contributed by atoms with Crippen LogP contribution in [0.4, 0.5) is 5.13 Å². The van der Waals surface area contributed by atoms with Crippen LogP contribution in [0.25, 0.3) is 11.4 Å². The molecule has 0 bridgehead atoms. The molecule has 1 heterocycles. The molecule has 5 nitrogen and oxygen atoms in total. The summed E-state index contributed by atoms with van der Waals surface area (Å²) in [5.41, 5.74) is 6.04. The third-order valence-corrected chi connectivity index (χ3v) is 2.22. The van der Waals surface area contributed by atoms with Gasteiger partial charge in [0.15, 0.2) is 22.5 Å². The van der Waals surface area contributed by atoms with Crippen molar-refractivity contribution in [3.63, 3.8) is 0 Å². The molecule has 0 spiro atoms. The Hall–Kier alpha value is -1.82. The van der Waals surface area contributed by atoms with Crippen LogP contribution in [0.3, 0.4) is 0 Å². The van der Waals surface area contributed by atoms with Crippen molar-refractivity contribution < 1.29 is 10.2 Å². The minimum absolute atomic E-state index is 0.169. The van der Waals surface area contributed by atoms with Crippen LogP contribution < -0.4 is 5.73 Å². The van der Waals surface area contributed by atoms with E-state index in [2.05, 4.69) is 9.36 Å². The van der Waals surface area contributed by atoms with Gasteiger partial charge < -0.3 is 15.9 Å². The number of aromatic hydroxyl groups is 2. The molecule has 0 fully saturated rings. The highest BCUT2D eigenvalue weighted by molar-refractivity contribution is 7.09. The van der Waals surface area contributed by atoms with E-state index in [1.807, 2.05) is 0 Å². The van der Waals surface area contributed by atoms with Gasteiger partial charge in [0.05, 0.1) is 0 Å². The van der Waals surface area contributed by atoms with Crippen LogP contribution in [0.5, 0.6) is 11.5 Å². The number of nitrogen functional groups attached to an aromatic ring is 1. The summed E-state index contributed by atoms with van der Waals surface area (Å²) in [6, 6.07) is 4.37. The van der Waals surface area contributed by atoms with Crippen molar-refractivity contribution >= 4 is 16.7 Å². The lowest BCUT2D eigenvalue weighted by molar-refractivity contribution is 0.404. The van der Waals surface area contributed by atoms with E-state index >= 15 is 0 Å². The normalized spacial score (nSPS) is 10.3. The number of benzene rings is 1. The molecular formula is C8H7N3O2S. The molecule has 0 amide bonds. The summed E-state index contributed by atoms with van der Waals surface area (Å²) in [5, 5.41) is 18.7. The maximum absolute atomic E-state index is 9.23. The lowest BCUT2D eigenvalue weighted by Crippen LogP contribution is -1.83. The third-order valence-electron chi connectivity index (χ3n) is 1.68.